The fraction of sp³-hybridized carbons (Fsp3) is 0.0455. The summed E-state index contributed by atoms with van der Waals surface area (Å²) in [5.41, 5.74) is 2.36. The van der Waals surface area contributed by atoms with Crippen molar-refractivity contribution in [2.75, 3.05) is 0 Å². The second-order valence-corrected chi connectivity index (χ2v) is 5.63. The molecule has 0 saturated heterocycles. The molecule has 0 aromatic heterocycles. The van der Waals surface area contributed by atoms with Gasteiger partial charge in [-0.05, 0) is 23.8 Å². The molecule has 0 aliphatic rings. The molecule has 3 aromatic rings. The van der Waals surface area contributed by atoms with Crippen LogP contribution in [0.1, 0.15) is 37.4 Å². The molecule has 0 saturated carbocycles. The van der Waals surface area contributed by atoms with Crippen molar-refractivity contribution in [3.05, 3.63) is 107 Å². The largest absolute Gasteiger partial charge is 0.457 e. The molecule has 0 unspecified atom stereocenters. The van der Waals surface area contributed by atoms with Gasteiger partial charge in [-0.3, -0.25) is 4.79 Å². The molecular weight excluding hydrogens is 326 g/mol. The summed E-state index contributed by atoms with van der Waals surface area (Å²) >= 11 is 0. The van der Waals surface area contributed by atoms with Crippen LogP contribution in [0.25, 0.3) is 0 Å². The van der Waals surface area contributed by atoms with E-state index in [0.29, 0.717) is 16.7 Å². The van der Waals surface area contributed by atoms with Crippen LogP contribution in [0.2, 0.25) is 0 Å². The molecule has 3 rings (SSSR count). The number of nitrogens with zero attached hydrogens (tertiary/aromatic N) is 1. The van der Waals surface area contributed by atoms with E-state index in [-0.39, 0.29) is 18.0 Å². The fourth-order valence-electron chi connectivity index (χ4n) is 2.51. The van der Waals surface area contributed by atoms with Gasteiger partial charge in [0.1, 0.15) is 6.61 Å². The van der Waals surface area contributed by atoms with Crippen LogP contribution in [0.5, 0.6) is 0 Å². The average molecular weight is 341 g/mol. The lowest BCUT2D eigenvalue weighted by Crippen LogP contribution is -2.12. The topological polar surface area (TPSA) is 67.2 Å². The molecule has 0 fully saturated rings. The van der Waals surface area contributed by atoms with Gasteiger partial charge in [0.05, 0.1) is 17.2 Å². The van der Waals surface area contributed by atoms with Crippen LogP contribution in [-0.2, 0) is 11.3 Å². The Bertz CT molecular complexity index is 970. The van der Waals surface area contributed by atoms with E-state index in [1.54, 1.807) is 72.8 Å². The average Bonchev–Trinajstić information content (AvgIpc) is 2.72. The van der Waals surface area contributed by atoms with E-state index in [2.05, 4.69) is 0 Å². The van der Waals surface area contributed by atoms with Crippen LogP contribution in [0, 0.1) is 11.3 Å². The van der Waals surface area contributed by atoms with E-state index in [9.17, 15) is 9.59 Å². The first-order chi connectivity index (χ1) is 12.7. The van der Waals surface area contributed by atoms with Gasteiger partial charge < -0.3 is 4.74 Å². The number of nitriles is 1. The quantitative estimate of drug-likeness (QED) is 0.516. The van der Waals surface area contributed by atoms with Gasteiger partial charge in [-0.25, -0.2) is 4.79 Å². The molecule has 0 spiro atoms. The van der Waals surface area contributed by atoms with Crippen molar-refractivity contribution < 1.29 is 14.3 Å². The predicted molar refractivity (Wildman–Crippen MR) is 96.6 cm³/mol. The zero-order valence-corrected chi connectivity index (χ0v) is 13.9. The summed E-state index contributed by atoms with van der Waals surface area (Å²) in [5.74, 6) is -0.786. The highest BCUT2D eigenvalue weighted by Gasteiger charge is 2.18. The minimum Gasteiger partial charge on any atom is -0.457 e. The molecule has 0 amide bonds. The minimum atomic E-state index is -0.561. The number of ketones is 1. The minimum absolute atomic E-state index is 0.0679. The Morgan fingerprint density at radius 3 is 2.08 bits per heavy atom. The third kappa shape index (κ3) is 3.85. The van der Waals surface area contributed by atoms with E-state index in [4.69, 9.17) is 10.00 Å². The van der Waals surface area contributed by atoms with Gasteiger partial charge in [-0.1, -0.05) is 60.7 Å². The Morgan fingerprint density at radius 1 is 0.808 bits per heavy atom. The maximum Gasteiger partial charge on any atom is 0.339 e. The Morgan fingerprint density at radius 2 is 1.42 bits per heavy atom. The summed E-state index contributed by atoms with van der Waals surface area (Å²) in [7, 11) is 0. The molecule has 0 bridgehead atoms. The predicted octanol–water partition coefficient (Wildman–Crippen LogP) is 4.15. The van der Waals surface area contributed by atoms with Gasteiger partial charge in [0.15, 0.2) is 5.78 Å². The number of benzene rings is 3. The number of hydrogen-bond donors (Lipinski definition) is 0. The summed E-state index contributed by atoms with van der Waals surface area (Å²) in [4.78, 5) is 25.1. The van der Waals surface area contributed by atoms with Crippen molar-refractivity contribution in [3.63, 3.8) is 0 Å². The molecule has 4 nitrogen and oxygen atoms in total. The zero-order chi connectivity index (χ0) is 18.4. The lowest BCUT2D eigenvalue weighted by molar-refractivity contribution is 0.0470. The summed E-state index contributed by atoms with van der Waals surface area (Å²) in [6.07, 6.45) is 0. The molecule has 0 atom stereocenters. The Balaban J connectivity index is 1.77. The lowest BCUT2D eigenvalue weighted by Gasteiger charge is -2.09. The number of carbonyl (C=O) groups excluding carboxylic acids is 2. The Hall–Kier alpha value is -3.71. The highest BCUT2D eigenvalue weighted by atomic mass is 16.5. The van der Waals surface area contributed by atoms with Crippen LogP contribution in [0.15, 0.2) is 78.9 Å². The Labute approximate surface area is 151 Å². The highest BCUT2D eigenvalue weighted by molar-refractivity contribution is 6.14. The molecule has 26 heavy (non-hydrogen) atoms. The molecule has 0 aliphatic carbocycles. The third-order valence-electron chi connectivity index (χ3n) is 3.88. The maximum absolute atomic E-state index is 12.7. The monoisotopic (exact) mass is 341 g/mol. The van der Waals surface area contributed by atoms with Crippen molar-refractivity contribution in [3.8, 4) is 6.07 Å². The van der Waals surface area contributed by atoms with Crippen LogP contribution >= 0.6 is 0 Å². The summed E-state index contributed by atoms with van der Waals surface area (Å²) in [5, 5.41) is 8.80. The van der Waals surface area contributed by atoms with E-state index < -0.39 is 5.97 Å². The van der Waals surface area contributed by atoms with Crippen molar-refractivity contribution in [1.82, 2.24) is 0 Å². The van der Waals surface area contributed by atoms with Crippen molar-refractivity contribution >= 4 is 11.8 Å². The number of ether oxygens (including phenoxy) is 1. The van der Waals surface area contributed by atoms with Gasteiger partial charge in [0.25, 0.3) is 0 Å². The molecule has 0 heterocycles. The van der Waals surface area contributed by atoms with Crippen LogP contribution in [-0.4, -0.2) is 11.8 Å². The fourth-order valence-corrected chi connectivity index (χ4v) is 2.51. The van der Waals surface area contributed by atoms with Gasteiger partial charge in [0, 0.05) is 11.1 Å². The first-order valence-electron chi connectivity index (χ1n) is 8.04. The van der Waals surface area contributed by atoms with Crippen molar-refractivity contribution in [1.29, 1.82) is 5.26 Å². The number of hydrogen-bond acceptors (Lipinski definition) is 4. The number of esters is 1. The van der Waals surface area contributed by atoms with Gasteiger partial charge >= 0.3 is 5.97 Å². The molecule has 3 aromatic carbocycles. The van der Waals surface area contributed by atoms with Gasteiger partial charge in [-0.2, -0.15) is 5.26 Å². The van der Waals surface area contributed by atoms with Gasteiger partial charge in [-0.15, -0.1) is 0 Å². The second kappa shape index (κ2) is 7.91. The zero-order valence-electron chi connectivity index (χ0n) is 13.9. The third-order valence-corrected chi connectivity index (χ3v) is 3.88. The first-order valence-corrected chi connectivity index (χ1v) is 8.04. The summed E-state index contributed by atoms with van der Waals surface area (Å²) in [6.45, 7) is 0.0679. The summed E-state index contributed by atoms with van der Waals surface area (Å²) < 4.78 is 5.34. The smallest absolute Gasteiger partial charge is 0.339 e. The Kier molecular flexibility index (Phi) is 5.21. The van der Waals surface area contributed by atoms with E-state index in [1.165, 1.54) is 0 Å². The molecule has 4 heteroatoms. The second-order valence-electron chi connectivity index (χ2n) is 5.63. The molecule has 0 aliphatic heterocycles. The molecule has 126 valence electrons. The highest BCUT2D eigenvalue weighted by Crippen LogP contribution is 2.16. The first kappa shape index (κ1) is 17.1. The number of carbonyl (C=O) groups is 2. The van der Waals surface area contributed by atoms with Crippen molar-refractivity contribution in [2.45, 2.75) is 6.61 Å². The number of rotatable bonds is 5. The molecular formula is C22H15NO3. The maximum atomic E-state index is 12.7. The van der Waals surface area contributed by atoms with Crippen LogP contribution in [0.3, 0.4) is 0 Å². The normalized spacial score (nSPS) is 9.96. The lowest BCUT2D eigenvalue weighted by atomic mass is 9.98. The standard InChI is InChI=1S/C22H15NO3/c23-14-16-10-12-17(13-11-16)15-26-22(25)20-9-5-4-8-19(20)21(24)18-6-2-1-3-7-18/h1-13H,15H2. The van der Waals surface area contributed by atoms with Crippen LogP contribution < -0.4 is 0 Å². The molecule has 0 radical (unpaired) electrons. The van der Waals surface area contributed by atoms with E-state index in [1.807, 2.05) is 12.1 Å². The van der Waals surface area contributed by atoms with Gasteiger partial charge in [0.2, 0.25) is 0 Å². The van der Waals surface area contributed by atoms with E-state index in [0.717, 1.165) is 5.56 Å². The van der Waals surface area contributed by atoms with E-state index >= 15 is 0 Å². The SMILES string of the molecule is N#Cc1ccc(COC(=O)c2ccccc2C(=O)c2ccccc2)cc1. The summed E-state index contributed by atoms with van der Waals surface area (Å²) in [6, 6.07) is 24.2. The van der Waals surface area contributed by atoms with Crippen molar-refractivity contribution in [2.24, 2.45) is 0 Å². The molecule has 0 N–H and O–H groups in total. The van der Waals surface area contributed by atoms with Crippen LogP contribution in [0.4, 0.5) is 0 Å².